The molecular weight excluding hydrogens is 388 g/mol. The summed E-state index contributed by atoms with van der Waals surface area (Å²) in [5.74, 6) is 0. The average molecular weight is 404 g/mol. The Morgan fingerprint density at radius 3 is 2.79 bits per heavy atom. The molecule has 2 aromatic rings. The van der Waals surface area contributed by atoms with Crippen molar-refractivity contribution in [1.82, 2.24) is 10.3 Å². The van der Waals surface area contributed by atoms with E-state index in [1.807, 2.05) is 12.3 Å². The predicted octanol–water partition coefficient (Wildman–Crippen LogP) is 5.07. The maximum absolute atomic E-state index is 4.58. The Balaban J connectivity index is 2.40. The standard InChI is InChI=1S/C14H16Br2N2S/c1-3-5-17-13(11-4-6-19-9(11)2)14-12(16)7-10(15)8-18-14/h4,6-8,13,17H,3,5H2,1-2H3. The van der Waals surface area contributed by atoms with E-state index in [1.165, 1.54) is 10.4 Å². The molecule has 0 aromatic carbocycles. The van der Waals surface area contributed by atoms with Gasteiger partial charge in [0.05, 0.1) is 11.7 Å². The molecule has 0 aliphatic heterocycles. The van der Waals surface area contributed by atoms with Crippen molar-refractivity contribution in [2.75, 3.05) is 6.54 Å². The lowest BCUT2D eigenvalue weighted by molar-refractivity contribution is 0.584. The van der Waals surface area contributed by atoms with E-state index in [0.717, 1.165) is 27.6 Å². The van der Waals surface area contributed by atoms with Gasteiger partial charge in [-0.3, -0.25) is 4.98 Å². The molecule has 0 bridgehead atoms. The zero-order valence-electron chi connectivity index (χ0n) is 10.9. The Bertz CT molecular complexity index is 554. The van der Waals surface area contributed by atoms with Crippen molar-refractivity contribution in [2.45, 2.75) is 26.3 Å². The summed E-state index contributed by atoms with van der Waals surface area (Å²) in [7, 11) is 0. The van der Waals surface area contributed by atoms with E-state index < -0.39 is 0 Å². The molecule has 0 saturated heterocycles. The second-order valence-corrected chi connectivity index (χ2v) is 7.23. The van der Waals surface area contributed by atoms with Gasteiger partial charge in [-0.15, -0.1) is 11.3 Å². The lowest BCUT2D eigenvalue weighted by atomic mass is 10.0. The van der Waals surface area contributed by atoms with E-state index in [9.17, 15) is 0 Å². The molecule has 0 amide bonds. The maximum atomic E-state index is 4.58. The number of hydrogen-bond donors (Lipinski definition) is 1. The lowest BCUT2D eigenvalue weighted by Gasteiger charge is -2.19. The average Bonchev–Trinajstić information content (AvgIpc) is 2.78. The zero-order valence-corrected chi connectivity index (χ0v) is 14.9. The van der Waals surface area contributed by atoms with Gasteiger partial charge in [0.1, 0.15) is 0 Å². The van der Waals surface area contributed by atoms with Crippen LogP contribution in [0.2, 0.25) is 0 Å². The molecule has 1 atom stereocenters. The Morgan fingerprint density at radius 1 is 1.42 bits per heavy atom. The molecule has 0 spiro atoms. The normalized spacial score (nSPS) is 12.6. The molecule has 0 aliphatic carbocycles. The molecular formula is C14H16Br2N2S. The van der Waals surface area contributed by atoms with Gasteiger partial charge in [-0.2, -0.15) is 0 Å². The number of nitrogens with zero attached hydrogens (tertiary/aromatic N) is 1. The molecule has 0 fully saturated rings. The number of nitrogens with one attached hydrogen (secondary N) is 1. The van der Waals surface area contributed by atoms with E-state index in [0.29, 0.717) is 0 Å². The van der Waals surface area contributed by atoms with Crippen molar-refractivity contribution >= 4 is 43.2 Å². The highest BCUT2D eigenvalue weighted by Crippen LogP contribution is 2.32. The van der Waals surface area contributed by atoms with Crippen molar-refractivity contribution in [3.05, 3.63) is 48.8 Å². The first-order valence-electron chi connectivity index (χ1n) is 6.21. The second kappa shape index (κ2) is 6.97. The van der Waals surface area contributed by atoms with Crippen LogP contribution in [0.5, 0.6) is 0 Å². The number of rotatable bonds is 5. The van der Waals surface area contributed by atoms with Crippen molar-refractivity contribution in [2.24, 2.45) is 0 Å². The fourth-order valence-electron chi connectivity index (χ4n) is 1.97. The molecule has 2 nitrogen and oxygen atoms in total. The number of hydrogen-bond acceptors (Lipinski definition) is 3. The monoisotopic (exact) mass is 402 g/mol. The van der Waals surface area contributed by atoms with Gasteiger partial charge >= 0.3 is 0 Å². The summed E-state index contributed by atoms with van der Waals surface area (Å²) < 4.78 is 2.01. The van der Waals surface area contributed by atoms with E-state index >= 15 is 0 Å². The van der Waals surface area contributed by atoms with Crippen LogP contribution < -0.4 is 5.32 Å². The van der Waals surface area contributed by atoms with Gasteiger partial charge in [-0.1, -0.05) is 6.92 Å². The Hall–Kier alpha value is -0.230. The minimum Gasteiger partial charge on any atom is -0.305 e. The summed E-state index contributed by atoms with van der Waals surface area (Å²) in [4.78, 5) is 5.91. The lowest BCUT2D eigenvalue weighted by Crippen LogP contribution is -2.24. The second-order valence-electron chi connectivity index (χ2n) is 4.34. The van der Waals surface area contributed by atoms with Gasteiger partial charge in [0.25, 0.3) is 0 Å². The van der Waals surface area contributed by atoms with Crippen LogP contribution in [0.25, 0.3) is 0 Å². The summed E-state index contributed by atoms with van der Waals surface area (Å²) in [6, 6.07) is 4.38. The molecule has 2 rings (SSSR count). The molecule has 0 aliphatic rings. The molecule has 102 valence electrons. The predicted molar refractivity (Wildman–Crippen MR) is 88.8 cm³/mol. The largest absolute Gasteiger partial charge is 0.305 e. The Morgan fingerprint density at radius 2 is 2.21 bits per heavy atom. The zero-order chi connectivity index (χ0) is 13.8. The van der Waals surface area contributed by atoms with E-state index in [-0.39, 0.29) is 6.04 Å². The Labute approximate surface area is 134 Å². The third-order valence-electron chi connectivity index (χ3n) is 2.92. The number of pyridine rings is 1. The number of halogens is 2. The molecule has 1 unspecified atom stereocenters. The van der Waals surface area contributed by atoms with Crippen LogP contribution in [0.4, 0.5) is 0 Å². The van der Waals surface area contributed by atoms with Gasteiger partial charge < -0.3 is 5.32 Å². The van der Waals surface area contributed by atoms with Crippen LogP contribution in [0.15, 0.2) is 32.7 Å². The minimum atomic E-state index is 0.147. The first kappa shape index (κ1) is 15.2. The number of thiophene rings is 1. The Kier molecular flexibility index (Phi) is 5.57. The highest BCUT2D eigenvalue weighted by atomic mass is 79.9. The van der Waals surface area contributed by atoms with E-state index in [2.05, 4.69) is 67.5 Å². The summed E-state index contributed by atoms with van der Waals surface area (Å²) in [6.45, 7) is 5.31. The molecule has 1 N–H and O–H groups in total. The topological polar surface area (TPSA) is 24.9 Å². The van der Waals surface area contributed by atoms with Crippen molar-refractivity contribution in [3.63, 3.8) is 0 Å². The van der Waals surface area contributed by atoms with E-state index in [1.54, 1.807) is 11.3 Å². The van der Waals surface area contributed by atoms with E-state index in [4.69, 9.17) is 0 Å². The first-order valence-corrected chi connectivity index (χ1v) is 8.68. The summed E-state index contributed by atoms with van der Waals surface area (Å²) >= 11 is 8.85. The first-order chi connectivity index (χ1) is 9.13. The molecule has 0 radical (unpaired) electrons. The van der Waals surface area contributed by atoms with Crippen LogP contribution in [0.3, 0.4) is 0 Å². The maximum Gasteiger partial charge on any atom is 0.0773 e. The number of aryl methyl sites for hydroxylation is 1. The van der Waals surface area contributed by atoms with Crippen LogP contribution >= 0.6 is 43.2 Å². The van der Waals surface area contributed by atoms with Gasteiger partial charge in [0, 0.05) is 20.0 Å². The summed E-state index contributed by atoms with van der Waals surface area (Å²) in [5, 5.41) is 5.73. The van der Waals surface area contributed by atoms with Gasteiger partial charge in [0.15, 0.2) is 0 Å². The summed E-state index contributed by atoms with van der Waals surface area (Å²) in [6.07, 6.45) is 2.95. The number of aromatic nitrogens is 1. The van der Waals surface area contributed by atoms with Gasteiger partial charge in [-0.25, -0.2) is 0 Å². The van der Waals surface area contributed by atoms with Crippen LogP contribution in [-0.2, 0) is 0 Å². The highest BCUT2D eigenvalue weighted by molar-refractivity contribution is 9.11. The fourth-order valence-corrected chi connectivity index (χ4v) is 3.93. The van der Waals surface area contributed by atoms with Crippen molar-refractivity contribution < 1.29 is 0 Å². The molecule has 2 heterocycles. The van der Waals surface area contributed by atoms with Crippen LogP contribution in [-0.4, -0.2) is 11.5 Å². The minimum absolute atomic E-state index is 0.147. The third kappa shape index (κ3) is 3.66. The van der Waals surface area contributed by atoms with Crippen LogP contribution in [0.1, 0.15) is 35.5 Å². The SMILES string of the molecule is CCCNC(c1ccsc1C)c1ncc(Br)cc1Br. The fraction of sp³-hybridized carbons (Fsp3) is 0.357. The third-order valence-corrected chi connectivity index (χ3v) is 4.85. The van der Waals surface area contributed by atoms with Crippen LogP contribution in [0, 0.1) is 6.92 Å². The summed E-state index contributed by atoms with van der Waals surface area (Å²) in [5.41, 5.74) is 2.35. The van der Waals surface area contributed by atoms with Crippen molar-refractivity contribution in [3.8, 4) is 0 Å². The molecule has 0 saturated carbocycles. The van der Waals surface area contributed by atoms with Crippen molar-refractivity contribution in [1.29, 1.82) is 0 Å². The van der Waals surface area contributed by atoms with Gasteiger partial charge in [-0.05, 0) is 74.8 Å². The highest BCUT2D eigenvalue weighted by Gasteiger charge is 2.20. The molecule has 2 aromatic heterocycles. The molecule has 5 heteroatoms. The molecule has 19 heavy (non-hydrogen) atoms. The smallest absolute Gasteiger partial charge is 0.0773 e. The van der Waals surface area contributed by atoms with Gasteiger partial charge in [0.2, 0.25) is 0 Å². The quantitative estimate of drug-likeness (QED) is 0.753.